The van der Waals surface area contributed by atoms with Gasteiger partial charge in [0.25, 0.3) is 0 Å². The third-order valence-electron chi connectivity index (χ3n) is 3.43. The van der Waals surface area contributed by atoms with Crippen molar-refractivity contribution in [2.24, 2.45) is 0 Å². The van der Waals surface area contributed by atoms with Crippen LogP contribution in [0.4, 0.5) is 0 Å². The van der Waals surface area contributed by atoms with E-state index in [0.29, 0.717) is 5.56 Å². The third-order valence-corrected chi connectivity index (χ3v) is 3.43. The van der Waals surface area contributed by atoms with Crippen LogP contribution < -0.4 is 0 Å². The average molecular weight is 238 g/mol. The minimum absolute atomic E-state index is 0.182. The summed E-state index contributed by atoms with van der Waals surface area (Å²) >= 11 is 0. The molecule has 0 amide bonds. The number of phenols is 1. The van der Waals surface area contributed by atoms with Gasteiger partial charge in [-0.05, 0) is 53.6 Å². The average Bonchev–Trinajstić information content (AvgIpc) is 3.23. The number of hydrogen-bond acceptors (Lipinski definition) is 2. The maximum atomic E-state index is 11.0. The lowest BCUT2D eigenvalue weighted by Gasteiger charge is -2.07. The third kappa shape index (κ3) is 2.02. The van der Waals surface area contributed by atoms with Crippen molar-refractivity contribution in [3.8, 4) is 16.9 Å². The van der Waals surface area contributed by atoms with Gasteiger partial charge >= 0.3 is 0 Å². The summed E-state index contributed by atoms with van der Waals surface area (Å²) in [6.45, 7) is 0. The highest BCUT2D eigenvalue weighted by Gasteiger charge is 2.23. The number of benzene rings is 2. The molecule has 0 aliphatic heterocycles. The molecule has 0 bridgehead atoms. The van der Waals surface area contributed by atoms with Crippen molar-refractivity contribution in [3.63, 3.8) is 0 Å². The van der Waals surface area contributed by atoms with Crippen molar-refractivity contribution in [1.82, 2.24) is 0 Å². The second kappa shape index (κ2) is 4.30. The summed E-state index contributed by atoms with van der Waals surface area (Å²) in [4.78, 5) is 11.0. The van der Waals surface area contributed by atoms with E-state index in [1.807, 2.05) is 12.1 Å². The highest BCUT2D eigenvalue weighted by molar-refractivity contribution is 5.88. The zero-order valence-electron chi connectivity index (χ0n) is 9.97. The minimum atomic E-state index is 0.182. The van der Waals surface area contributed by atoms with Crippen molar-refractivity contribution in [3.05, 3.63) is 53.6 Å². The molecule has 2 heteroatoms. The summed E-state index contributed by atoms with van der Waals surface area (Å²) in [7, 11) is 0. The zero-order chi connectivity index (χ0) is 12.5. The van der Waals surface area contributed by atoms with Gasteiger partial charge in [0, 0.05) is 5.56 Å². The Morgan fingerprint density at radius 1 is 1.06 bits per heavy atom. The smallest absolute Gasteiger partial charge is 0.150 e. The quantitative estimate of drug-likeness (QED) is 0.827. The van der Waals surface area contributed by atoms with E-state index in [-0.39, 0.29) is 5.75 Å². The molecule has 0 unspecified atom stereocenters. The van der Waals surface area contributed by atoms with Crippen LogP contribution in [0.3, 0.4) is 0 Å². The van der Waals surface area contributed by atoms with Gasteiger partial charge in [0.15, 0.2) is 6.29 Å². The predicted molar refractivity (Wildman–Crippen MR) is 70.9 cm³/mol. The largest absolute Gasteiger partial charge is 0.508 e. The van der Waals surface area contributed by atoms with E-state index >= 15 is 0 Å². The Morgan fingerprint density at radius 2 is 1.78 bits per heavy atom. The lowest BCUT2D eigenvalue weighted by atomic mass is 9.98. The second-order valence-corrected chi connectivity index (χ2v) is 4.79. The number of aromatic hydroxyl groups is 1. The molecule has 1 aliphatic carbocycles. The Kier molecular flexibility index (Phi) is 2.63. The molecule has 1 saturated carbocycles. The van der Waals surface area contributed by atoms with Crippen LogP contribution in [0.1, 0.15) is 34.7 Å². The maximum absolute atomic E-state index is 11.0. The van der Waals surface area contributed by atoms with Crippen LogP contribution in [0.2, 0.25) is 0 Å². The number of aldehydes is 1. The highest BCUT2D eigenvalue weighted by atomic mass is 16.3. The standard InChI is InChI=1S/C16H14O2/c17-10-14-7-8-15(18)9-16(14)13-5-3-12(4-6-13)11-1-2-11/h3-11,18H,1-2H2. The van der Waals surface area contributed by atoms with E-state index < -0.39 is 0 Å². The van der Waals surface area contributed by atoms with Crippen molar-refractivity contribution in [1.29, 1.82) is 0 Å². The molecule has 0 spiro atoms. The molecule has 2 nitrogen and oxygen atoms in total. The number of rotatable bonds is 3. The van der Waals surface area contributed by atoms with Gasteiger partial charge in [-0.3, -0.25) is 4.79 Å². The topological polar surface area (TPSA) is 37.3 Å². The zero-order valence-corrected chi connectivity index (χ0v) is 9.97. The summed E-state index contributed by atoms with van der Waals surface area (Å²) in [6.07, 6.45) is 3.39. The Labute approximate surface area is 106 Å². The van der Waals surface area contributed by atoms with Crippen molar-refractivity contribution >= 4 is 6.29 Å². The van der Waals surface area contributed by atoms with E-state index in [9.17, 15) is 9.90 Å². The van der Waals surface area contributed by atoms with Crippen molar-refractivity contribution in [2.75, 3.05) is 0 Å². The first-order valence-electron chi connectivity index (χ1n) is 6.16. The first-order valence-corrected chi connectivity index (χ1v) is 6.16. The van der Waals surface area contributed by atoms with Gasteiger partial charge in [0.1, 0.15) is 5.75 Å². The number of phenolic OH excluding ortho intramolecular Hbond substituents is 1. The molecule has 0 heterocycles. The summed E-state index contributed by atoms with van der Waals surface area (Å²) in [5, 5.41) is 9.53. The second-order valence-electron chi connectivity index (χ2n) is 4.79. The fourth-order valence-corrected chi connectivity index (χ4v) is 2.25. The molecule has 0 aromatic heterocycles. The van der Waals surface area contributed by atoms with E-state index in [0.717, 1.165) is 23.3 Å². The predicted octanol–water partition coefficient (Wildman–Crippen LogP) is 3.75. The molecule has 90 valence electrons. The van der Waals surface area contributed by atoms with Crippen LogP contribution in [0, 0.1) is 0 Å². The van der Waals surface area contributed by atoms with E-state index in [1.165, 1.54) is 24.5 Å². The van der Waals surface area contributed by atoms with Crippen LogP contribution in [0.15, 0.2) is 42.5 Å². The summed E-state index contributed by atoms with van der Waals surface area (Å²) in [6, 6.07) is 13.1. The lowest BCUT2D eigenvalue weighted by Crippen LogP contribution is -1.88. The lowest BCUT2D eigenvalue weighted by molar-refractivity contribution is 0.112. The minimum Gasteiger partial charge on any atom is -0.508 e. The van der Waals surface area contributed by atoms with Crippen LogP contribution >= 0.6 is 0 Å². The fourth-order valence-electron chi connectivity index (χ4n) is 2.25. The molecule has 1 aliphatic rings. The summed E-state index contributed by atoms with van der Waals surface area (Å²) in [5.74, 6) is 0.913. The Hall–Kier alpha value is -2.09. The van der Waals surface area contributed by atoms with Gasteiger partial charge in [-0.2, -0.15) is 0 Å². The number of carbonyl (C=O) groups is 1. The van der Waals surface area contributed by atoms with E-state index in [2.05, 4.69) is 12.1 Å². The summed E-state index contributed by atoms with van der Waals surface area (Å²) in [5.41, 5.74) is 3.73. The fraction of sp³-hybridized carbons (Fsp3) is 0.188. The maximum Gasteiger partial charge on any atom is 0.150 e. The van der Waals surface area contributed by atoms with Crippen LogP contribution in [-0.2, 0) is 0 Å². The Balaban J connectivity index is 2.02. The molecule has 2 aromatic rings. The van der Waals surface area contributed by atoms with Gasteiger partial charge in [0.2, 0.25) is 0 Å². The molecule has 1 fully saturated rings. The molecule has 0 atom stereocenters. The molecule has 1 N–H and O–H groups in total. The van der Waals surface area contributed by atoms with E-state index in [1.54, 1.807) is 12.1 Å². The molecular formula is C16H14O2. The molecule has 0 radical (unpaired) electrons. The summed E-state index contributed by atoms with van der Waals surface area (Å²) < 4.78 is 0. The Bertz CT molecular complexity index is 581. The van der Waals surface area contributed by atoms with Gasteiger partial charge in [-0.1, -0.05) is 24.3 Å². The van der Waals surface area contributed by atoms with Crippen LogP contribution in [-0.4, -0.2) is 11.4 Å². The van der Waals surface area contributed by atoms with Crippen LogP contribution in [0.25, 0.3) is 11.1 Å². The Morgan fingerprint density at radius 3 is 2.39 bits per heavy atom. The molecule has 3 rings (SSSR count). The molecular weight excluding hydrogens is 224 g/mol. The van der Waals surface area contributed by atoms with Gasteiger partial charge in [-0.25, -0.2) is 0 Å². The monoisotopic (exact) mass is 238 g/mol. The van der Waals surface area contributed by atoms with Crippen molar-refractivity contribution < 1.29 is 9.90 Å². The molecule has 18 heavy (non-hydrogen) atoms. The van der Waals surface area contributed by atoms with Gasteiger partial charge in [0.05, 0.1) is 0 Å². The van der Waals surface area contributed by atoms with Gasteiger partial charge < -0.3 is 5.11 Å². The van der Waals surface area contributed by atoms with Gasteiger partial charge in [-0.15, -0.1) is 0 Å². The van der Waals surface area contributed by atoms with Crippen molar-refractivity contribution in [2.45, 2.75) is 18.8 Å². The first kappa shape index (κ1) is 11.0. The number of hydrogen-bond donors (Lipinski definition) is 1. The first-order chi connectivity index (χ1) is 8.78. The molecule has 0 saturated heterocycles. The number of carbonyl (C=O) groups excluding carboxylic acids is 1. The highest BCUT2D eigenvalue weighted by Crippen LogP contribution is 2.40. The molecule has 2 aromatic carbocycles. The van der Waals surface area contributed by atoms with E-state index in [4.69, 9.17) is 0 Å². The van der Waals surface area contributed by atoms with Crippen LogP contribution in [0.5, 0.6) is 5.75 Å². The normalized spacial score (nSPS) is 14.4. The SMILES string of the molecule is O=Cc1ccc(O)cc1-c1ccc(C2CC2)cc1.